The van der Waals surface area contributed by atoms with Gasteiger partial charge in [0.15, 0.2) is 6.61 Å². The van der Waals surface area contributed by atoms with E-state index < -0.39 is 5.97 Å². The predicted octanol–water partition coefficient (Wildman–Crippen LogP) is 2.19. The Balaban J connectivity index is 1.94. The summed E-state index contributed by atoms with van der Waals surface area (Å²) in [5.41, 5.74) is 2.52. The number of ether oxygens (including phenoxy) is 1. The van der Waals surface area contributed by atoms with Crippen LogP contribution in [0.2, 0.25) is 0 Å². The molecule has 4 heteroatoms. The van der Waals surface area contributed by atoms with Crippen LogP contribution in [0.1, 0.15) is 6.92 Å². The molecule has 1 aromatic heterocycles. The summed E-state index contributed by atoms with van der Waals surface area (Å²) in [5.74, 6) is -0.431. The zero-order valence-electron chi connectivity index (χ0n) is 12.0. The first-order valence-electron chi connectivity index (χ1n) is 6.75. The minimum atomic E-state index is -0.431. The number of carbonyl (C=O) groups excluding carboxylic acids is 1. The highest BCUT2D eigenvalue weighted by Crippen LogP contribution is 2.16. The minimum Gasteiger partial charge on any atom is -0.463 e. The van der Waals surface area contributed by atoms with Gasteiger partial charge in [0.2, 0.25) is 12.4 Å². The molecule has 0 fully saturated rings. The maximum absolute atomic E-state index is 11.4. The van der Waals surface area contributed by atoms with Gasteiger partial charge in [0.25, 0.3) is 0 Å². The number of carbonyl (C=O) groups is 1. The SMILES string of the molecule is C=C(CO[n+]1ccc(-c2ccccc2)cc1)C(=O)OCC. The quantitative estimate of drug-likeness (QED) is 0.464. The number of esters is 1. The number of benzene rings is 1. The summed E-state index contributed by atoms with van der Waals surface area (Å²) < 4.78 is 6.38. The Kier molecular flexibility index (Phi) is 5.10. The highest BCUT2D eigenvalue weighted by molar-refractivity contribution is 5.87. The van der Waals surface area contributed by atoms with E-state index in [1.165, 1.54) is 4.73 Å². The maximum atomic E-state index is 11.4. The lowest BCUT2D eigenvalue weighted by Gasteiger charge is -2.03. The second-order valence-corrected chi connectivity index (χ2v) is 4.41. The molecule has 0 N–H and O–H groups in total. The first kappa shape index (κ1) is 14.8. The van der Waals surface area contributed by atoms with E-state index in [-0.39, 0.29) is 12.2 Å². The van der Waals surface area contributed by atoms with E-state index in [1.807, 2.05) is 42.5 Å². The number of aromatic nitrogens is 1. The number of hydrogen-bond acceptors (Lipinski definition) is 3. The Hall–Kier alpha value is -2.62. The lowest BCUT2D eigenvalue weighted by atomic mass is 10.1. The Morgan fingerprint density at radius 1 is 1.10 bits per heavy atom. The molecule has 0 aliphatic carbocycles. The lowest BCUT2D eigenvalue weighted by Crippen LogP contribution is -2.43. The largest absolute Gasteiger partial charge is 0.463 e. The number of hydrogen-bond donors (Lipinski definition) is 0. The van der Waals surface area contributed by atoms with Gasteiger partial charge in [0, 0.05) is 16.9 Å². The highest BCUT2D eigenvalue weighted by Gasteiger charge is 2.11. The molecule has 0 spiro atoms. The van der Waals surface area contributed by atoms with E-state index in [9.17, 15) is 4.79 Å². The number of pyridine rings is 1. The summed E-state index contributed by atoms with van der Waals surface area (Å²) in [6.45, 7) is 5.82. The standard InChI is InChI=1S/C17H18NO3/c1-3-20-17(19)14(2)13-21-18-11-9-16(10-12-18)15-7-5-4-6-8-15/h4-12H,2-3,13H2,1H3/q+1. The Bertz CT molecular complexity index is 606. The topological polar surface area (TPSA) is 39.4 Å². The molecule has 0 radical (unpaired) electrons. The molecular weight excluding hydrogens is 266 g/mol. The molecular formula is C17H18NO3+. The summed E-state index contributed by atoms with van der Waals surface area (Å²) in [4.78, 5) is 16.8. The Labute approximate surface area is 124 Å². The second kappa shape index (κ2) is 7.24. The van der Waals surface area contributed by atoms with Crippen molar-refractivity contribution in [1.82, 2.24) is 0 Å². The van der Waals surface area contributed by atoms with Crippen LogP contribution in [0.25, 0.3) is 11.1 Å². The summed E-state index contributed by atoms with van der Waals surface area (Å²) in [7, 11) is 0. The average Bonchev–Trinajstić information content (AvgIpc) is 2.54. The molecule has 4 nitrogen and oxygen atoms in total. The fourth-order valence-corrected chi connectivity index (χ4v) is 1.77. The lowest BCUT2D eigenvalue weighted by molar-refractivity contribution is -0.889. The highest BCUT2D eigenvalue weighted by atomic mass is 16.7. The van der Waals surface area contributed by atoms with Crippen molar-refractivity contribution in [3.8, 4) is 11.1 Å². The smallest absolute Gasteiger partial charge is 0.337 e. The Morgan fingerprint density at radius 3 is 2.33 bits per heavy atom. The molecule has 1 aromatic carbocycles. The van der Waals surface area contributed by atoms with Crippen molar-refractivity contribution in [3.63, 3.8) is 0 Å². The molecule has 0 saturated carbocycles. The molecule has 1 heterocycles. The van der Waals surface area contributed by atoms with Gasteiger partial charge in [-0.3, -0.25) is 4.84 Å². The van der Waals surface area contributed by atoms with E-state index >= 15 is 0 Å². The first-order valence-corrected chi connectivity index (χ1v) is 6.75. The van der Waals surface area contributed by atoms with Gasteiger partial charge >= 0.3 is 5.97 Å². The van der Waals surface area contributed by atoms with Crippen LogP contribution in [-0.2, 0) is 9.53 Å². The monoisotopic (exact) mass is 284 g/mol. The molecule has 108 valence electrons. The summed E-state index contributed by atoms with van der Waals surface area (Å²) >= 11 is 0. The van der Waals surface area contributed by atoms with Gasteiger partial charge in [0.05, 0.1) is 12.2 Å². The van der Waals surface area contributed by atoms with E-state index in [0.29, 0.717) is 6.61 Å². The van der Waals surface area contributed by atoms with Crippen molar-refractivity contribution in [1.29, 1.82) is 0 Å². The van der Waals surface area contributed by atoms with Gasteiger partial charge in [-0.05, 0) is 18.1 Å². The van der Waals surface area contributed by atoms with Crippen LogP contribution in [-0.4, -0.2) is 19.2 Å². The Morgan fingerprint density at radius 2 is 1.71 bits per heavy atom. The van der Waals surface area contributed by atoms with Gasteiger partial charge in [-0.2, -0.15) is 0 Å². The van der Waals surface area contributed by atoms with E-state index in [2.05, 4.69) is 6.58 Å². The van der Waals surface area contributed by atoms with Crippen LogP contribution in [0.4, 0.5) is 0 Å². The molecule has 0 unspecified atom stereocenters. The minimum absolute atomic E-state index is 0.0915. The van der Waals surface area contributed by atoms with Crippen molar-refractivity contribution >= 4 is 5.97 Å². The predicted molar refractivity (Wildman–Crippen MR) is 79.3 cm³/mol. The van der Waals surface area contributed by atoms with E-state index in [1.54, 1.807) is 19.3 Å². The molecule has 0 bridgehead atoms. The molecule has 0 aliphatic rings. The molecule has 2 aromatic rings. The third-order valence-electron chi connectivity index (χ3n) is 2.86. The third-order valence-corrected chi connectivity index (χ3v) is 2.86. The van der Waals surface area contributed by atoms with Gasteiger partial charge in [-0.1, -0.05) is 36.9 Å². The van der Waals surface area contributed by atoms with Crippen LogP contribution < -0.4 is 9.57 Å². The zero-order chi connectivity index (χ0) is 15.1. The summed E-state index contributed by atoms with van der Waals surface area (Å²) in [6.07, 6.45) is 3.58. The average molecular weight is 284 g/mol. The van der Waals surface area contributed by atoms with Crippen LogP contribution in [0, 0.1) is 0 Å². The van der Waals surface area contributed by atoms with Crippen molar-refractivity contribution in [3.05, 3.63) is 67.0 Å². The van der Waals surface area contributed by atoms with Crippen LogP contribution in [0.15, 0.2) is 67.0 Å². The van der Waals surface area contributed by atoms with Crippen molar-refractivity contribution < 1.29 is 19.1 Å². The fourth-order valence-electron chi connectivity index (χ4n) is 1.77. The van der Waals surface area contributed by atoms with Crippen molar-refractivity contribution in [2.75, 3.05) is 13.2 Å². The zero-order valence-corrected chi connectivity index (χ0v) is 12.0. The number of rotatable bonds is 6. The molecule has 0 amide bonds. The number of nitrogens with zero attached hydrogens (tertiary/aromatic N) is 1. The summed E-state index contributed by atoms with van der Waals surface area (Å²) in [6, 6.07) is 14.0. The van der Waals surface area contributed by atoms with Crippen molar-refractivity contribution in [2.45, 2.75) is 6.92 Å². The third kappa shape index (κ3) is 4.18. The van der Waals surface area contributed by atoms with Gasteiger partial charge in [-0.25, -0.2) is 4.79 Å². The van der Waals surface area contributed by atoms with E-state index in [0.717, 1.165) is 11.1 Å². The molecule has 2 rings (SSSR count). The fraction of sp³-hybridized carbons (Fsp3) is 0.176. The molecule has 0 aliphatic heterocycles. The van der Waals surface area contributed by atoms with Crippen LogP contribution in [0.5, 0.6) is 0 Å². The molecule has 0 saturated heterocycles. The van der Waals surface area contributed by atoms with Crippen LogP contribution in [0.3, 0.4) is 0 Å². The molecule has 0 atom stereocenters. The van der Waals surface area contributed by atoms with Gasteiger partial charge in [0.1, 0.15) is 0 Å². The van der Waals surface area contributed by atoms with E-state index in [4.69, 9.17) is 9.57 Å². The van der Waals surface area contributed by atoms with Crippen LogP contribution >= 0.6 is 0 Å². The van der Waals surface area contributed by atoms with Gasteiger partial charge in [-0.15, -0.1) is 0 Å². The van der Waals surface area contributed by atoms with Crippen molar-refractivity contribution in [2.24, 2.45) is 0 Å². The summed E-state index contributed by atoms with van der Waals surface area (Å²) in [5, 5.41) is 0. The first-order chi connectivity index (χ1) is 10.2. The molecule has 21 heavy (non-hydrogen) atoms. The van der Waals surface area contributed by atoms with Gasteiger partial charge < -0.3 is 4.74 Å². The maximum Gasteiger partial charge on any atom is 0.337 e. The second-order valence-electron chi connectivity index (χ2n) is 4.41. The normalized spacial score (nSPS) is 9.95.